The van der Waals surface area contributed by atoms with Crippen molar-refractivity contribution in [1.82, 2.24) is 0 Å². The molecule has 2 N–H and O–H groups in total. The van der Waals surface area contributed by atoms with Crippen LogP contribution in [0.2, 0.25) is 0 Å². The Hall–Kier alpha value is 0.0200. The molecule has 0 aromatic heterocycles. The van der Waals surface area contributed by atoms with E-state index in [1.54, 1.807) is 0 Å². The van der Waals surface area contributed by atoms with E-state index in [1.165, 1.54) is 13.8 Å². The molecule has 0 heterocycles. The fourth-order valence-corrected chi connectivity index (χ4v) is 6.01. The molecule has 5 nitrogen and oxygen atoms in total. The summed E-state index contributed by atoms with van der Waals surface area (Å²) in [5.41, 5.74) is 1.05. The van der Waals surface area contributed by atoms with Gasteiger partial charge in [0, 0.05) is 32.0 Å². The van der Waals surface area contributed by atoms with Crippen LogP contribution < -0.4 is 10.6 Å². The number of carbonyl (C=O) groups is 3. The van der Waals surface area contributed by atoms with Crippen LogP contribution in [0.3, 0.4) is 0 Å². The summed E-state index contributed by atoms with van der Waals surface area (Å²) in [5.74, 6) is -0.504. The highest BCUT2D eigenvalue weighted by Crippen LogP contribution is 2.41. The van der Waals surface area contributed by atoms with Crippen LogP contribution in [0.1, 0.15) is 45.0 Å². The predicted molar refractivity (Wildman–Crippen MR) is 117 cm³/mol. The highest BCUT2D eigenvalue weighted by molar-refractivity contribution is 14.1. The molecule has 2 amide bonds. The Morgan fingerprint density at radius 3 is 1.39 bits per heavy atom. The Labute approximate surface area is 176 Å². The predicted octanol–water partition coefficient (Wildman–Crippen LogP) is 4.65. The third kappa shape index (κ3) is 5.00. The van der Waals surface area contributed by atoms with Gasteiger partial charge in [-0.2, -0.15) is 0 Å². The van der Waals surface area contributed by atoms with Crippen LogP contribution in [-0.2, 0) is 9.59 Å². The minimum Gasteiger partial charge on any atom is -0.324 e. The van der Waals surface area contributed by atoms with Gasteiger partial charge in [-0.05, 0) is 67.8 Å². The first-order valence-corrected chi connectivity index (χ1v) is 9.92. The third-order valence-corrected chi connectivity index (χ3v) is 6.06. The maximum Gasteiger partial charge on any atom is 0.221 e. The monoisotopic (exact) mass is 654 g/mol. The standard InChI is InChI=1S/C15H17I3N2O3/c1-6(21)19-12-9(16)8(14(23)15(3,4)5)10(17)13(11(12)18)20-7(2)22/h1-5H3,(H,19,21)(H,20,22). The van der Waals surface area contributed by atoms with Crippen molar-refractivity contribution in [2.24, 2.45) is 5.41 Å². The molecule has 8 heteroatoms. The van der Waals surface area contributed by atoms with Crippen LogP contribution >= 0.6 is 67.8 Å². The molecule has 0 saturated carbocycles. The first kappa shape index (κ1) is 21.1. The maximum absolute atomic E-state index is 12.9. The summed E-state index contributed by atoms with van der Waals surface area (Å²) in [5, 5.41) is 5.54. The number of anilines is 2. The molecule has 0 radical (unpaired) electrons. The van der Waals surface area contributed by atoms with Gasteiger partial charge in [-0.25, -0.2) is 0 Å². The molecule has 23 heavy (non-hydrogen) atoms. The number of ketones is 1. The van der Waals surface area contributed by atoms with Crippen LogP contribution in [0.4, 0.5) is 11.4 Å². The molecule has 0 saturated heterocycles. The second kappa shape index (κ2) is 7.93. The van der Waals surface area contributed by atoms with E-state index < -0.39 is 5.41 Å². The highest BCUT2D eigenvalue weighted by atomic mass is 127. The molecule has 0 aliphatic rings. The Morgan fingerprint density at radius 1 is 0.783 bits per heavy atom. The van der Waals surface area contributed by atoms with Crippen molar-refractivity contribution in [3.8, 4) is 0 Å². The lowest BCUT2D eigenvalue weighted by atomic mass is 9.86. The molecule has 0 spiro atoms. The number of amides is 2. The molecule has 0 bridgehead atoms. The molecule has 0 aliphatic carbocycles. The quantitative estimate of drug-likeness (QED) is 0.369. The molecule has 0 fully saturated rings. The van der Waals surface area contributed by atoms with Gasteiger partial charge in [0.25, 0.3) is 0 Å². The SMILES string of the molecule is CC(=O)Nc1c(I)c(NC(C)=O)c(I)c(C(=O)C(C)(C)C)c1I. The van der Waals surface area contributed by atoms with E-state index in [1.807, 2.05) is 20.8 Å². The van der Waals surface area contributed by atoms with E-state index in [0.717, 1.165) is 0 Å². The van der Waals surface area contributed by atoms with E-state index in [4.69, 9.17) is 0 Å². The minimum atomic E-state index is -0.576. The van der Waals surface area contributed by atoms with Gasteiger partial charge >= 0.3 is 0 Å². The van der Waals surface area contributed by atoms with Gasteiger partial charge in [-0.15, -0.1) is 0 Å². The minimum absolute atomic E-state index is 0.0408. The highest BCUT2D eigenvalue weighted by Gasteiger charge is 2.31. The summed E-state index contributed by atoms with van der Waals surface area (Å²) in [6, 6.07) is 0. The zero-order valence-electron chi connectivity index (χ0n) is 13.4. The van der Waals surface area contributed by atoms with Gasteiger partial charge in [0.1, 0.15) is 0 Å². The van der Waals surface area contributed by atoms with Crippen LogP contribution in [-0.4, -0.2) is 17.6 Å². The average molecular weight is 654 g/mol. The average Bonchev–Trinajstić information content (AvgIpc) is 2.38. The molecule has 1 rings (SSSR count). The second-order valence-corrected chi connectivity index (χ2v) is 9.24. The summed E-state index contributed by atoms with van der Waals surface area (Å²) in [4.78, 5) is 35.9. The largest absolute Gasteiger partial charge is 0.324 e. The van der Waals surface area contributed by atoms with Crippen molar-refractivity contribution in [1.29, 1.82) is 0 Å². The van der Waals surface area contributed by atoms with Gasteiger partial charge in [-0.3, -0.25) is 14.4 Å². The molecular weight excluding hydrogens is 637 g/mol. The first-order chi connectivity index (χ1) is 10.4. The summed E-state index contributed by atoms with van der Waals surface area (Å²) in [6.45, 7) is 8.35. The summed E-state index contributed by atoms with van der Waals surface area (Å²) in [7, 11) is 0. The smallest absolute Gasteiger partial charge is 0.221 e. The molecular formula is C15H17I3N2O3. The molecule has 1 aromatic rings. The number of benzene rings is 1. The van der Waals surface area contributed by atoms with E-state index >= 15 is 0 Å². The first-order valence-electron chi connectivity index (χ1n) is 6.68. The Balaban J connectivity index is 3.78. The number of rotatable bonds is 3. The topological polar surface area (TPSA) is 75.3 Å². The van der Waals surface area contributed by atoms with Crippen LogP contribution in [0.25, 0.3) is 0 Å². The van der Waals surface area contributed by atoms with Gasteiger partial charge < -0.3 is 10.6 Å². The van der Waals surface area contributed by atoms with E-state index in [2.05, 4.69) is 78.4 Å². The summed E-state index contributed by atoms with van der Waals surface area (Å²) < 4.78 is 2.06. The Morgan fingerprint density at radius 2 is 1.13 bits per heavy atom. The summed E-state index contributed by atoms with van der Waals surface area (Å²) in [6.07, 6.45) is 0. The van der Waals surface area contributed by atoms with E-state index in [0.29, 0.717) is 27.6 Å². The van der Waals surface area contributed by atoms with Crippen molar-refractivity contribution in [3.05, 3.63) is 16.3 Å². The fraction of sp³-hybridized carbons (Fsp3) is 0.400. The van der Waals surface area contributed by atoms with Crippen molar-refractivity contribution >= 4 is 96.7 Å². The lowest BCUT2D eigenvalue weighted by Gasteiger charge is -2.23. The van der Waals surface area contributed by atoms with Crippen molar-refractivity contribution in [2.75, 3.05) is 10.6 Å². The van der Waals surface area contributed by atoms with Crippen LogP contribution in [0.5, 0.6) is 0 Å². The molecule has 0 atom stereocenters. The number of halogens is 3. The third-order valence-electron chi connectivity index (χ3n) is 2.83. The van der Waals surface area contributed by atoms with Crippen molar-refractivity contribution in [3.63, 3.8) is 0 Å². The van der Waals surface area contributed by atoms with Gasteiger partial charge in [-0.1, -0.05) is 20.8 Å². The normalized spacial score (nSPS) is 11.1. The second-order valence-electron chi connectivity index (χ2n) is 6.01. The number of carbonyl (C=O) groups excluding carboxylic acids is 3. The molecule has 0 aliphatic heterocycles. The lowest BCUT2D eigenvalue weighted by molar-refractivity contribution is -0.115. The number of nitrogens with one attached hydrogen (secondary N) is 2. The van der Waals surface area contributed by atoms with Gasteiger partial charge in [0.05, 0.1) is 14.9 Å². The maximum atomic E-state index is 12.9. The van der Waals surface area contributed by atoms with E-state index in [9.17, 15) is 14.4 Å². The van der Waals surface area contributed by atoms with E-state index in [-0.39, 0.29) is 17.6 Å². The zero-order valence-corrected chi connectivity index (χ0v) is 19.8. The number of hydrogen-bond donors (Lipinski definition) is 2. The van der Waals surface area contributed by atoms with Gasteiger partial charge in [0.15, 0.2) is 5.78 Å². The number of hydrogen-bond acceptors (Lipinski definition) is 3. The Bertz CT molecular complexity index is 651. The van der Waals surface area contributed by atoms with Crippen LogP contribution in [0, 0.1) is 16.1 Å². The molecule has 0 unspecified atom stereocenters. The van der Waals surface area contributed by atoms with Gasteiger partial charge in [0.2, 0.25) is 11.8 Å². The zero-order chi connectivity index (χ0) is 18.1. The summed E-state index contributed by atoms with van der Waals surface area (Å²) >= 11 is 6.22. The Kier molecular flexibility index (Phi) is 7.27. The van der Waals surface area contributed by atoms with Crippen molar-refractivity contribution < 1.29 is 14.4 Å². The van der Waals surface area contributed by atoms with Crippen LogP contribution in [0.15, 0.2) is 0 Å². The van der Waals surface area contributed by atoms with Crippen molar-refractivity contribution in [2.45, 2.75) is 34.6 Å². The number of Topliss-reactive ketones (excluding diaryl/α,β-unsaturated/α-hetero) is 1. The fourth-order valence-electron chi connectivity index (χ4n) is 1.81. The lowest BCUT2D eigenvalue weighted by Crippen LogP contribution is -2.25. The molecule has 1 aromatic carbocycles. The molecule has 126 valence electrons.